The fourth-order valence-corrected chi connectivity index (χ4v) is 4.13. The third-order valence-electron chi connectivity index (χ3n) is 6.16. The Balaban J connectivity index is 1.92. The minimum atomic E-state index is -1.08. The number of rotatable bonds is 9. The van der Waals surface area contributed by atoms with Gasteiger partial charge in [-0.05, 0) is 74.2 Å². The molecule has 3 aromatic carbocycles. The van der Waals surface area contributed by atoms with Gasteiger partial charge in [-0.15, -0.1) is 0 Å². The van der Waals surface area contributed by atoms with Crippen LogP contribution >= 0.6 is 0 Å². The molecule has 0 aliphatic heterocycles. The lowest BCUT2D eigenvalue weighted by molar-refractivity contribution is -0.144. The quantitative estimate of drug-likeness (QED) is 0.291. The van der Waals surface area contributed by atoms with Crippen molar-refractivity contribution < 1.29 is 19.4 Å². The van der Waals surface area contributed by atoms with Crippen LogP contribution in [0.3, 0.4) is 0 Å². The standard InChI is InChI=1S/C30H31N3O5/c1-6-37-27-15-19(4)24(16-23(27)18(2)3)28-32-25-13-9-8-12-22(25)29(34)33(28)31-17-21-11-7-10-14-26(21)38-20(5)30(35)36/h7-18,20H,6H2,1-5H3,(H,35,36)/t20-/m1/s1. The molecule has 0 spiro atoms. The number of aryl methyl sites for hydroxylation is 1. The Hall–Kier alpha value is -4.46. The van der Waals surface area contributed by atoms with E-state index < -0.39 is 12.1 Å². The predicted molar refractivity (Wildman–Crippen MR) is 149 cm³/mol. The molecular weight excluding hydrogens is 482 g/mol. The molecular formula is C30H31N3O5. The zero-order valence-corrected chi connectivity index (χ0v) is 22.1. The van der Waals surface area contributed by atoms with Crippen LogP contribution in [0.15, 0.2) is 70.6 Å². The van der Waals surface area contributed by atoms with Gasteiger partial charge in [0.15, 0.2) is 11.9 Å². The normalized spacial score (nSPS) is 12.3. The van der Waals surface area contributed by atoms with Gasteiger partial charge in [0.25, 0.3) is 5.56 Å². The summed E-state index contributed by atoms with van der Waals surface area (Å²) in [6.07, 6.45) is 0.435. The number of aliphatic carboxylic acids is 1. The number of carbonyl (C=O) groups is 1. The van der Waals surface area contributed by atoms with E-state index in [4.69, 9.17) is 14.5 Å². The predicted octanol–water partition coefficient (Wildman–Crippen LogP) is 5.63. The Labute approximate surface area is 221 Å². The summed E-state index contributed by atoms with van der Waals surface area (Å²) in [4.78, 5) is 29.8. The van der Waals surface area contributed by atoms with Crippen LogP contribution in [0.2, 0.25) is 0 Å². The molecule has 0 unspecified atom stereocenters. The minimum absolute atomic E-state index is 0.181. The van der Waals surface area contributed by atoms with Gasteiger partial charge in [-0.3, -0.25) is 4.79 Å². The number of fused-ring (bicyclic) bond motifs is 1. The van der Waals surface area contributed by atoms with Crippen molar-refractivity contribution in [3.63, 3.8) is 0 Å². The average molecular weight is 514 g/mol. The van der Waals surface area contributed by atoms with Crippen LogP contribution in [0.1, 0.15) is 50.3 Å². The second kappa shape index (κ2) is 11.3. The van der Waals surface area contributed by atoms with Gasteiger partial charge in [-0.25, -0.2) is 9.78 Å². The van der Waals surface area contributed by atoms with E-state index in [0.717, 1.165) is 22.4 Å². The lowest BCUT2D eigenvalue weighted by Gasteiger charge is -2.18. The highest BCUT2D eigenvalue weighted by atomic mass is 16.5. The van der Waals surface area contributed by atoms with Crippen LogP contribution in [0.25, 0.3) is 22.3 Å². The Bertz CT molecular complexity index is 1570. The first-order valence-corrected chi connectivity index (χ1v) is 12.5. The van der Waals surface area contributed by atoms with Crippen molar-refractivity contribution in [1.29, 1.82) is 0 Å². The smallest absolute Gasteiger partial charge is 0.344 e. The van der Waals surface area contributed by atoms with E-state index in [0.29, 0.717) is 34.6 Å². The zero-order valence-electron chi connectivity index (χ0n) is 22.1. The Morgan fingerprint density at radius 2 is 1.79 bits per heavy atom. The summed E-state index contributed by atoms with van der Waals surface area (Å²) in [7, 11) is 0. The van der Waals surface area contributed by atoms with Gasteiger partial charge in [-0.2, -0.15) is 9.78 Å². The number of aromatic nitrogens is 2. The molecule has 0 radical (unpaired) electrons. The molecule has 1 atom stereocenters. The maximum absolute atomic E-state index is 13.7. The van der Waals surface area contributed by atoms with Crippen molar-refractivity contribution >= 4 is 23.1 Å². The summed E-state index contributed by atoms with van der Waals surface area (Å²) in [5.41, 5.74) is 3.43. The second-order valence-electron chi connectivity index (χ2n) is 9.24. The van der Waals surface area contributed by atoms with E-state index >= 15 is 0 Å². The first kappa shape index (κ1) is 26.6. The van der Waals surface area contributed by atoms with Gasteiger partial charge in [0.2, 0.25) is 0 Å². The lowest BCUT2D eigenvalue weighted by Crippen LogP contribution is -2.23. The number of carboxylic acid groups (broad SMARTS) is 1. The molecule has 0 saturated heterocycles. The van der Waals surface area contributed by atoms with Crippen LogP contribution in [-0.2, 0) is 4.79 Å². The summed E-state index contributed by atoms with van der Waals surface area (Å²) in [5, 5.41) is 14.2. The van der Waals surface area contributed by atoms with E-state index in [1.165, 1.54) is 17.8 Å². The van der Waals surface area contributed by atoms with Crippen LogP contribution in [0.5, 0.6) is 11.5 Å². The maximum Gasteiger partial charge on any atom is 0.344 e. The number of hydrogen-bond donors (Lipinski definition) is 1. The van der Waals surface area contributed by atoms with E-state index in [2.05, 4.69) is 18.9 Å². The summed E-state index contributed by atoms with van der Waals surface area (Å²) in [6.45, 7) is 10.1. The van der Waals surface area contributed by atoms with Crippen molar-refractivity contribution in [3.05, 3.63) is 87.7 Å². The highest BCUT2D eigenvalue weighted by molar-refractivity contribution is 5.85. The van der Waals surface area contributed by atoms with Crippen LogP contribution in [0.4, 0.5) is 0 Å². The summed E-state index contributed by atoms with van der Waals surface area (Å²) in [6, 6.07) is 18.1. The number of hydrogen-bond acceptors (Lipinski definition) is 6. The van der Waals surface area contributed by atoms with E-state index in [1.54, 1.807) is 42.5 Å². The number of nitrogens with zero attached hydrogens (tertiary/aromatic N) is 3. The van der Waals surface area contributed by atoms with E-state index in [9.17, 15) is 14.7 Å². The topological polar surface area (TPSA) is 103 Å². The Morgan fingerprint density at radius 3 is 2.50 bits per heavy atom. The van der Waals surface area contributed by atoms with E-state index in [1.807, 2.05) is 32.0 Å². The lowest BCUT2D eigenvalue weighted by atomic mass is 9.96. The van der Waals surface area contributed by atoms with Crippen molar-refractivity contribution in [3.8, 4) is 22.9 Å². The van der Waals surface area contributed by atoms with Gasteiger partial charge < -0.3 is 14.6 Å². The molecule has 1 aromatic heterocycles. The molecule has 4 aromatic rings. The van der Waals surface area contributed by atoms with Gasteiger partial charge in [-0.1, -0.05) is 38.1 Å². The van der Waals surface area contributed by atoms with Gasteiger partial charge >= 0.3 is 5.97 Å². The van der Waals surface area contributed by atoms with Crippen molar-refractivity contribution in [1.82, 2.24) is 9.66 Å². The third kappa shape index (κ3) is 5.44. The molecule has 8 heteroatoms. The monoisotopic (exact) mass is 513 g/mol. The Morgan fingerprint density at radius 1 is 1.08 bits per heavy atom. The number of ether oxygens (including phenoxy) is 2. The SMILES string of the molecule is CCOc1cc(C)c(-c2nc3ccccc3c(=O)n2N=Cc2ccccc2O[C@H](C)C(=O)O)cc1C(C)C. The van der Waals surface area contributed by atoms with Crippen LogP contribution in [-0.4, -0.2) is 39.7 Å². The molecule has 0 fully saturated rings. The molecule has 1 heterocycles. The van der Waals surface area contributed by atoms with Gasteiger partial charge in [0.05, 0.1) is 23.7 Å². The van der Waals surface area contributed by atoms with Gasteiger partial charge in [0.1, 0.15) is 11.5 Å². The summed E-state index contributed by atoms with van der Waals surface area (Å²) < 4.78 is 12.8. The van der Waals surface area contributed by atoms with Crippen molar-refractivity contribution in [2.24, 2.45) is 5.10 Å². The highest BCUT2D eigenvalue weighted by Crippen LogP contribution is 2.34. The average Bonchev–Trinajstić information content (AvgIpc) is 2.89. The molecule has 4 rings (SSSR count). The third-order valence-corrected chi connectivity index (χ3v) is 6.16. The van der Waals surface area contributed by atoms with Crippen LogP contribution < -0.4 is 15.0 Å². The molecule has 0 bridgehead atoms. The molecule has 0 aliphatic carbocycles. The van der Waals surface area contributed by atoms with E-state index in [-0.39, 0.29) is 11.5 Å². The number of para-hydroxylation sites is 2. The molecule has 0 saturated carbocycles. The summed E-state index contributed by atoms with van der Waals surface area (Å²) in [5.74, 6) is 0.639. The molecule has 0 aliphatic rings. The second-order valence-corrected chi connectivity index (χ2v) is 9.24. The zero-order chi connectivity index (χ0) is 27.4. The van der Waals surface area contributed by atoms with Crippen molar-refractivity contribution in [2.75, 3.05) is 6.61 Å². The highest BCUT2D eigenvalue weighted by Gasteiger charge is 2.19. The Kier molecular flexibility index (Phi) is 7.90. The summed E-state index contributed by atoms with van der Waals surface area (Å²) >= 11 is 0. The molecule has 8 nitrogen and oxygen atoms in total. The first-order valence-electron chi connectivity index (χ1n) is 12.5. The minimum Gasteiger partial charge on any atom is -0.494 e. The molecule has 0 amide bonds. The fourth-order valence-electron chi connectivity index (χ4n) is 4.13. The first-order chi connectivity index (χ1) is 18.2. The van der Waals surface area contributed by atoms with Crippen LogP contribution in [0, 0.1) is 6.92 Å². The number of carboxylic acids is 1. The molecule has 1 N–H and O–H groups in total. The van der Waals surface area contributed by atoms with Crippen molar-refractivity contribution in [2.45, 2.75) is 46.6 Å². The molecule has 196 valence electrons. The van der Waals surface area contributed by atoms with Gasteiger partial charge in [0, 0.05) is 11.1 Å². The maximum atomic E-state index is 13.7. The fraction of sp³-hybridized carbons (Fsp3) is 0.267. The molecule has 38 heavy (non-hydrogen) atoms. The largest absolute Gasteiger partial charge is 0.494 e. The number of benzene rings is 3.